The molecule has 1 aliphatic rings. The predicted octanol–water partition coefficient (Wildman–Crippen LogP) is 4.71. The molecule has 2 heterocycles. The molecule has 3 aromatic rings. The summed E-state index contributed by atoms with van der Waals surface area (Å²) in [6, 6.07) is 8.22. The normalized spacial score (nSPS) is 14.5. The molecule has 0 radical (unpaired) electrons. The Morgan fingerprint density at radius 1 is 1.21 bits per heavy atom. The first-order chi connectivity index (χ1) is 15.5. The first-order valence-corrected chi connectivity index (χ1v) is 11.1. The van der Waals surface area contributed by atoms with Crippen LogP contribution in [0.25, 0.3) is 10.9 Å². The fraction of sp³-hybridized carbons (Fsp3) is 0.304. The van der Waals surface area contributed by atoms with Gasteiger partial charge in [0.25, 0.3) is 0 Å². The first-order valence-electron chi connectivity index (χ1n) is 10.3. The van der Waals surface area contributed by atoms with Gasteiger partial charge in [0.2, 0.25) is 0 Å². The Hall–Kier alpha value is -2.46. The number of methoxy groups -OCH3 is 1. The SMILES string of the molecule is COc1cc2c(Nc3ccc(Br)cc3F)ncnc2cc1OCC(O)CN1CC=CCC1.Cl. The van der Waals surface area contributed by atoms with E-state index in [9.17, 15) is 9.50 Å². The van der Waals surface area contributed by atoms with Gasteiger partial charge >= 0.3 is 0 Å². The van der Waals surface area contributed by atoms with Crippen molar-refractivity contribution < 1.29 is 19.0 Å². The van der Waals surface area contributed by atoms with Crippen LogP contribution in [0, 0.1) is 5.82 Å². The van der Waals surface area contributed by atoms with Crippen LogP contribution in [-0.4, -0.2) is 59.4 Å². The predicted molar refractivity (Wildman–Crippen MR) is 132 cm³/mol. The third kappa shape index (κ3) is 6.32. The Morgan fingerprint density at radius 3 is 2.79 bits per heavy atom. The molecule has 0 spiro atoms. The zero-order chi connectivity index (χ0) is 22.5. The lowest BCUT2D eigenvalue weighted by molar-refractivity contribution is 0.0703. The Labute approximate surface area is 206 Å². The zero-order valence-corrected chi connectivity index (χ0v) is 20.4. The fourth-order valence-corrected chi connectivity index (χ4v) is 3.88. The zero-order valence-electron chi connectivity index (χ0n) is 18.0. The van der Waals surface area contributed by atoms with Gasteiger partial charge in [-0.15, -0.1) is 12.4 Å². The van der Waals surface area contributed by atoms with Gasteiger partial charge in [-0.05, 0) is 30.7 Å². The Balaban J connectivity index is 0.00000306. The van der Waals surface area contributed by atoms with Gasteiger partial charge in [-0.25, -0.2) is 14.4 Å². The highest BCUT2D eigenvalue weighted by Crippen LogP contribution is 2.35. The van der Waals surface area contributed by atoms with Crippen molar-refractivity contribution in [3.8, 4) is 11.5 Å². The molecule has 10 heteroatoms. The molecule has 33 heavy (non-hydrogen) atoms. The maximum absolute atomic E-state index is 14.3. The number of aliphatic hydroxyl groups excluding tert-OH is 1. The van der Waals surface area contributed by atoms with Gasteiger partial charge in [0.1, 0.15) is 30.7 Å². The van der Waals surface area contributed by atoms with Crippen LogP contribution in [0.15, 0.2) is 53.3 Å². The van der Waals surface area contributed by atoms with Crippen LogP contribution >= 0.6 is 28.3 Å². The third-order valence-electron chi connectivity index (χ3n) is 5.15. The topological polar surface area (TPSA) is 79.7 Å². The molecule has 0 saturated heterocycles. The molecule has 1 atom stereocenters. The van der Waals surface area contributed by atoms with E-state index >= 15 is 0 Å². The minimum Gasteiger partial charge on any atom is -0.493 e. The number of nitrogens with zero attached hydrogens (tertiary/aromatic N) is 3. The summed E-state index contributed by atoms with van der Waals surface area (Å²) in [7, 11) is 1.54. The van der Waals surface area contributed by atoms with E-state index in [0.717, 1.165) is 19.5 Å². The van der Waals surface area contributed by atoms with Gasteiger partial charge in [0.15, 0.2) is 11.5 Å². The summed E-state index contributed by atoms with van der Waals surface area (Å²) in [5.74, 6) is 0.979. The van der Waals surface area contributed by atoms with E-state index in [1.807, 2.05) is 0 Å². The van der Waals surface area contributed by atoms with Gasteiger partial charge < -0.3 is 19.9 Å². The molecule has 2 N–H and O–H groups in total. The quantitative estimate of drug-likeness (QED) is 0.402. The molecule has 176 valence electrons. The van der Waals surface area contributed by atoms with Crippen LogP contribution in [0.3, 0.4) is 0 Å². The minimum absolute atomic E-state index is 0. The molecule has 7 nitrogen and oxygen atoms in total. The molecule has 4 rings (SSSR count). The number of aromatic nitrogens is 2. The smallest absolute Gasteiger partial charge is 0.163 e. The molecule has 0 amide bonds. The molecule has 0 saturated carbocycles. The minimum atomic E-state index is -0.634. The number of fused-ring (bicyclic) bond motifs is 1. The number of halogens is 3. The van der Waals surface area contributed by atoms with Crippen molar-refractivity contribution >= 4 is 50.7 Å². The van der Waals surface area contributed by atoms with Crippen molar-refractivity contribution in [2.75, 3.05) is 38.7 Å². The number of hydrogen-bond donors (Lipinski definition) is 2. The van der Waals surface area contributed by atoms with Crippen molar-refractivity contribution in [2.45, 2.75) is 12.5 Å². The number of β-amino-alcohol motifs (C(OH)–C–C–N with tert-alkyl or cyclic N) is 1. The highest BCUT2D eigenvalue weighted by molar-refractivity contribution is 9.10. The number of rotatable bonds is 8. The van der Waals surface area contributed by atoms with Crippen molar-refractivity contribution in [1.82, 2.24) is 14.9 Å². The van der Waals surface area contributed by atoms with E-state index in [1.54, 1.807) is 24.3 Å². The number of nitrogens with one attached hydrogen (secondary N) is 1. The number of ether oxygens (including phenoxy) is 2. The summed E-state index contributed by atoms with van der Waals surface area (Å²) in [5, 5.41) is 14.1. The van der Waals surface area contributed by atoms with Crippen LogP contribution in [-0.2, 0) is 0 Å². The number of aliphatic hydroxyl groups is 1. The lowest BCUT2D eigenvalue weighted by atomic mass is 10.2. The lowest BCUT2D eigenvalue weighted by Gasteiger charge is -2.25. The monoisotopic (exact) mass is 538 g/mol. The van der Waals surface area contributed by atoms with E-state index < -0.39 is 11.9 Å². The Kier molecular flexibility index (Phi) is 8.85. The summed E-state index contributed by atoms with van der Waals surface area (Å²) >= 11 is 3.25. The molecular formula is C23H25BrClFN4O3. The van der Waals surface area contributed by atoms with E-state index in [2.05, 4.69) is 48.3 Å². The highest BCUT2D eigenvalue weighted by Gasteiger charge is 2.16. The lowest BCUT2D eigenvalue weighted by Crippen LogP contribution is -2.37. The van der Waals surface area contributed by atoms with E-state index in [0.29, 0.717) is 44.9 Å². The van der Waals surface area contributed by atoms with Crippen LogP contribution in [0.4, 0.5) is 15.9 Å². The van der Waals surface area contributed by atoms with Crippen molar-refractivity contribution in [3.05, 3.63) is 59.1 Å². The van der Waals surface area contributed by atoms with Crippen LogP contribution in [0.5, 0.6) is 11.5 Å². The third-order valence-corrected chi connectivity index (χ3v) is 5.64. The van der Waals surface area contributed by atoms with E-state index in [1.165, 1.54) is 19.5 Å². The number of hydrogen-bond acceptors (Lipinski definition) is 7. The summed E-state index contributed by atoms with van der Waals surface area (Å²) in [6.45, 7) is 2.43. The first kappa shape index (κ1) is 25.2. The number of anilines is 2. The standard InChI is InChI=1S/C23H24BrFN4O3.ClH/c1-31-21-10-17-20(11-22(21)32-13-16(30)12-29-7-3-2-4-8-29)26-14-27-23(17)28-19-6-5-15(24)9-18(19)25;/h2-3,5-6,9-11,14,16,30H,4,7-8,12-13H2,1H3,(H,26,27,28);1H. The molecule has 2 aromatic carbocycles. The number of benzene rings is 2. The molecular weight excluding hydrogens is 515 g/mol. The molecule has 0 fully saturated rings. The maximum Gasteiger partial charge on any atom is 0.163 e. The van der Waals surface area contributed by atoms with E-state index in [-0.39, 0.29) is 19.0 Å². The van der Waals surface area contributed by atoms with Gasteiger partial charge in [-0.3, -0.25) is 4.90 Å². The molecule has 1 aliphatic heterocycles. The van der Waals surface area contributed by atoms with Gasteiger partial charge in [0.05, 0.1) is 18.3 Å². The fourth-order valence-electron chi connectivity index (χ4n) is 3.55. The van der Waals surface area contributed by atoms with Crippen molar-refractivity contribution in [3.63, 3.8) is 0 Å². The van der Waals surface area contributed by atoms with Crippen molar-refractivity contribution in [1.29, 1.82) is 0 Å². The summed E-state index contributed by atoms with van der Waals surface area (Å²) < 4.78 is 26.3. The van der Waals surface area contributed by atoms with Crippen molar-refractivity contribution in [2.24, 2.45) is 0 Å². The molecule has 0 aliphatic carbocycles. The summed E-state index contributed by atoms with van der Waals surface area (Å²) in [6.07, 6.45) is 6.01. The Morgan fingerprint density at radius 2 is 2.06 bits per heavy atom. The van der Waals surface area contributed by atoms with E-state index in [4.69, 9.17) is 9.47 Å². The van der Waals surface area contributed by atoms with Crippen LogP contribution in [0.2, 0.25) is 0 Å². The second-order valence-electron chi connectivity index (χ2n) is 7.48. The Bertz CT molecular complexity index is 1130. The summed E-state index contributed by atoms with van der Waals surface area (Å²) in [5.41, 5.74) is 0.898. The average Bonchev–Trinajstić information content (AvgIpc) is 2.79. The largest absolute Gasteiger partial charge is 0.493 e. The van der Waals surface area contributed by atoms with Gasteiger partial charge in [-0.2, -0.15) is 0 Å². The van der Waals surface area contributed by atoms with Crippen LogP contribution in [0.1, 0.15) is 6.42 Å². The second-order valence-corrected chi connectivity index (χ2v) is 8.39. The molecule has 1 unspecified atom stereocenters. The second kappa shape index (κ2) is 11.6. The maximum atomic E-state index is 14.3. The molecule has 0 bridgehead atoms. The summed E-state index contributed by atoms with van der Waals surface area (Å²) in [4.78, 5) is 10.8. The average molecular weight is 540 g/mol. The van der Waals surface area contributed by atoms with Gasteiger partial charge in [0, 0.05) is 35.6 Å². The van der Waals surface area contributed by atoms with Crippen LogP contribution < -0.4 is 14.8 Å². The highest BCUT2D eigenvalue weighted by atomic mass is 79.9. The molecule has 1 aromatic heterocycles. The van der Waals surface area contributed by atoms with Gasteiger partial charge in [-0.1, -0.05) is 28.1 Å².